The maximum absolute atomic E-state index is 13.0. The monoisotopic (exact) mass is 444 g/mol. The van der Waals surface area contributed by atoms with E-state index in [1.54, 1.807) is 4.90 Å². The molecule has 0 bridgehead atoms. The van der Waals surface area contributed by atoms with Crippen LogP contribution in [0.15, 0.2) is 60.5 Å². The van der Waals surface area contributed by atoms with Gasteiger partial charge in [-0.05, 0) is 67.2 Å². The number of aliphatic hydroxyl groups excluding tert-OH is 1. The highest BCUT2D eigenvalue weighted by molar-refractivity contribution is 6.08. The van der Waals surface area contributed by atoms with E-state index in [1.807, 2.05) is 47.3 Å². The highest BCUT2D eigenvalue weighted by Gasteiger charge is 2.28. The van der Waals surface area contributed by atoms with Crippen LogP contribution in [-0.2, 0) is 11.3 Å². The molecule has 2 aromatic carbocycles. The average Bonchev–Trinajstić information content (AvgIpc) is 3.33. The van der Waals surface area contributed by atoms with E-state index < -0.39 is 0 Å². The molecule has 7 nitrogen and oxygen atoms in total. The first kappa shape index (κ1) is 20.4. The Morgan fingerprint density at radius 1 is 1.06 bits per heavy atom. The van der Waals surface area contributed by atoms with Crippen LogP contribution in [0, 0.1) is 0 Å². The van der Waals surface area contributed by atoms with E-state index in [-0.39, 0.29) is 12.0 Å². The molecule has 33 heavy (non-hydrogen) atoms. The first-order chi connectivity index (χ1) is 16.1. The van der Waals surface area contributed by atoms with Gasteiger partial charge in [0, 0.05) is 37.3 Å². The summed E-state index contributed by atoms with van der Waals surface area (Å²) in [6.07, 6.45) is 6.87. The van der Waals surface area contributed by atoms with Gasteiger partial charge in [0.2, 0.25) is 0 Å². The van der Waals surface area contributed by atoms with E-state index in [1.165, 1.54) is 18.4 Å². The van der Waals surface area contributed by atoms with Gasteiger partial charge < -0.3 is 14.7 Å². The molecular formula is C26H28N4O3. The largest absolute Gasteiger partial charge is 0.452 e. The van der Waals surface area contributed by atoms with Gasteiger partial charge in [-0.25, -0.2) is 0 Å². The lowest BCUT2D eigenvalue weighted by molar-refractivity contribution is -0.116. The number of amides is 1. The highest BCUT2D eigenvalue weighted by Crippen LogP contribution is 2.40. The standard InChI is InChI=1S/C26H28N4O3/c31-22-9-11-28(17-22)13-14-30-24-8-5-21(15-20(24)16-27-30)29-12-10-25(26(29)32)33-23-6-3-19(4-7-23)18-1-2-18/h3-8,10,15-16,18,22,31H,1-2,9,11-14,17H2/t22-/m1/s1. The van der Waals surface area contributed by atoms with Gasteiger partial charge in [0.15, 0.2) is 5.76 Å². The van der Waals surface area contributed by atoms with Crippen LogP contribution in [0.2, 0.25) is 0 Å². The molecule has 2 aliphatic heterocycles. The smallest absolute Gasteiger partial charge is 0.294 e. The fourth-order valence-electron chi connectivity index (χ4n) is 4.81. The van der Waals surface area contributed by atoms with Crippen molar-refractivity contribution in [1.82, 2.24) is 14.7 Å². The van der Waals surface area contributed by atoms with Gasteiger partial charge in [-0.1, -0.05) is 12.1 Å². The molecule has 1 amide bonds. The maximum atomic E-state index is 13.0. The Labute approximate surface area is 192 Å². The predicted molar refractivity (Wildman–Crippen MR) is 126 cm³/mol. The predicted octanol–water partition coefficient (Wildman–Crippen LogP) is 3.29. The summed E-state index contributed by atoms with van der Waals surface area (Å²) in [5, 5.41) is 15.3. The van der Waals surface area contributed by atoms with Crippen LogP contribution in [0.5, 0.6) is 5.75 Å². The summed E-state index contributed by atoms with van der Waals surface area (Å²) in [5.41, 5.74) is 3.24. The number of carbonyl (C=O) groups is 1. The molecule has 6 rings (SSSR count). The number of carbonyl (C=O) groups excluding carboxylic acids is 1. The first-order valence-electron chi connectivity index (χ1n) is 11.8. The maximum Gasteiger partial charge on any atom is 0.294 e. The number of aliphatic hydroxyl groups is 1. The van der Waals surface area contributed by atoms with Crippen LogP contribution >= 0.6 is 0 Å². The summed E-state index contributed by atoms with van der Waals surface area (Å²) >= 11 is 0. The summed E-state index contributed by atoms with van der Waals surface area (Å²) < 4.78 is 7.90. The first-order valence-corrected chi connectivity index (χ1v) is 11.8. The molecule has 3 aliphatic rings. The van der Waals surface area contributed by atoms with Crippen LogP contribution in [0.25, 0.3) is 10.9 Å². The van der Waals surface area contributed by atoms with Crippen molar-refractivity contribution < 1.29 is 14.6 Å². The second-order valence-electron chi connectivity index (χ2n) is 9.28. The third-order valence-corrected chi connectivity index (χ3v) is 6.88. The van der Waals surface area contributed by atoms with E-state index in [9.17, 15) is 9.90 Å². The molecular weight excluding hydrogens is 416 g/mol. The Morgan fingerprint density at radius 3 is 2.67 bits per heavy atom. The number of fused-ring (bicyclic) bond motifs is 1. The second-order valence-corrected chi connectivity index (χ2v) is 9.28. The molecule has 170 valence electrons. The van der Waals surface area contributed by atoms with Crippen molar-refractivity contribution >= 4 is 22.5 Å². The Hall–Kier alpha value is -3.16. The number of benzene rings is 2. The number of hydrogen-bond acceptors (Lipinski definition) is 5. The molecule has 7 heteroatoms. The van der Waals surface area contributed by atoms with E-state index in [2.05, 4.69) is 22.1 Å². The van der Waals surface area contributed by atoms with E-state index in [0.29, 0.717) is 24.0 Å². The lowest BCUT2D eigenvalue weighted by atomic mass is 10.1. The van der Waals surface area contributed by atoms with Gasteiger partial charge in [0.05, 0.1) is 24.4 Å². The molecule has 1 saturated carbocycles. The number of hydrogen-bond donors (Lipinski definition) is 1. The van der Waals surface area contributed by atoms with Gasteiger partial charge in [0.25, 0.3) is 5.91 Å². The van der Waals surface area contributed by atoms with Crippen molar-refractivity contribution in [2.24, 2.45) is 0 Å². The third kappa shape index (κ3) is 4.14. The van der Waals surface area contributed by atoms with Crippen molar-refractivity contribution in [3.63, 3.8) is 0 Å². The Morgan fingerprint density at radius 2 is 1.91 bits per heavy atom. The fraction of sp³-hybridized carbons (Fsp3) is 0.385. The van der Waals surface area contributed by atoms with E-state index in [4.69, 9.17) is 4.74 Å². The summed E-state index contributed by atoms with van der Waals surface area (Å²) in [6.45, 7) is 3.81. The minimum atomic E-state index is -0.204. The summed E-state index contributed by atoms with van der Waals surface area (Å²) in [5.74, 6) is 1.65. The Bertz CT molecular complexity index is 1210. The third-order valence-electron chi connectivity index (χ3n) is 6.88. The summed E-state index contributed by atoms with van der Waals surface area (Å²) in [7, 11) is 0. The molecule has 0 unspecified atom stereocenters. The number of ether oxygens (including phenoxy) is 1. The van der Waals surface area contributed by atoms with Crippen molar-refractivity contribution in [3.05, 3.63) is 66.1 Å². The fourth-order valence-corrected chi connectivity index (χ4v) is 4.81. The quantitative estimate of drug-likeness (QED) is 0.606. The number of nitrogens with zero attached hydrogens (tertiary/aromatic N) is 4. The van der Waals surface area contributed by atoms with Crippen molar-refractivity contribution in [2.45, 2.75) is 37.8 Å². The molecule has 1 atom stereocenters. The molecule has 1 saturated heterocycles. The van der Waals surface area contributed by atoms with Crippen molar-refractivity contribution in [2.75, 3.05) is 31.1 Å². The Balaban J connectivity index is 1.11. The van der Waals surface area contributed by atoms with Gasteiger partial charge in [-0.2, -0.15) is 5.10 Å². The summed E-state index contributed by atoms with van der Waals surface area (Å²) in [4.78, 5) is 17.0. The average molecular weight is 445 g/mol. The SMILES string of the molecule is O=C1C(Oc2ccc(C3CC3)cc2)=CCN1c1ccc2c(cnn2CCN2CC[C@@H](O)C2)c1. The van der Waals surface area contributed by atoms with Crippen molar-refractivity contribution in [1.29, 1.82) is 0 Å². The van der Waals surface area contributed by atoms with E-state index in [0.717, 1.165) is 49.2 Å². The lowest BCUT2D eigenvalue weighted by Crippen LogP contribution is -2.27. The summed E-state index contributed by atoms with van der Waals surface area (Å²) in [6, 6.07) is 14.1. The molecule has 3 heterocycles. The van der Waals surface area contributed by atoms with Gasteiger partial charge >= 0.3 is 0 Å². The zero-order chi connectivity index (χ0) is 22.4. The van der Waals surface area contributed by atoms with Gasteiger partial charge in [-0.3, -0.25) is 14.4 Å². The normalized spacial score (nSPS) is 21.2. The minimum Gasteiger partial charge on any atom is -0.452 e. The van der Waals surface area contributed by atoms with Gasteiger partial charge in [-0.15, -0.1) is 0 Å². The number of aromatic nitrogens is 2. The number of β-amino-alcohol motifs (C(OH)–C–C–N with tert-alkyl or cyclic N) is 1. The molecule has 2 fully saturated rings. The van der Waals surface area contributed by atoms with Crippen LogP contribution in [0.3, 0.4) is 0 Å². The van der Waals surface area contributed by atoms with Crippen LogP contribution in [0.1, 0.15) is 30.7 Å². The van der Waals surface area contributed by atoms with E-state index >= 15 is 0 Å². The Kier molecular flexibility index (Phi) is 5.15. The lowest BCUT2D eigenvalue weighted by Gasteiger charge is -2.17. The molecule has 0 spiro atoms. The number of anilines is 1. The molecule has 3 aromatic rings. The highest BCUT2D eigenvalue weighted by atomic mass is 16.5. The van der Waals surface area contributed by atoms with Gasteiger partial charge in [0.1, 0.15) is 5.75 Å². The second kappa shape index (κ2) is 8.32. The molecule has 1 aromatic heterocycles. The molecule has 1 N–H and O–H groups in total. The van der Waals surface area contributed by atoms with Crippen molar-refractivity contribution in [3.8, 4) is 5.75 Å². The zero-order valence-corrected chi connectivity index (χ0v) is 18.6. The zero-order valence-electron chi connectivity index (χ0n) is 18.6. The topological polar surface area (TPSA) is 70.8 Å². The molecule has 0 radical (unpaired) electrons. The van der Waals surface area contributed by atoms with Crippen LogP contribution in [0.4, 0.5) is 5.69 Å². The van der Waals surface area contributed by atoms with Crippen LogP contribution in [-0.4, -0.2) is 58.0 Å². The van der Waals surface area contributed by atoms with Crippen LogP contribution < -0.4 is 9.64 Å². The number of likely N-dealkylation sites (tertiary alicyclic amines) is 1. The number of rotatable bonds is 7. The molecule has 1 aliphatic carbocycles. The minimum absolute atomic E-state index is 0.124.